The molecule has 32 heavy (non-hydrogen) atoms. The summed E-state index contributed by atoms with van der Waals surface area (Å²) in [7, 11) is -3.56. The van der Waals surface area contributed by atoms with Gasteiger partial charge >= 0.3 is 0 Å². The Morgan fingerprint density at radius 3 is 2.25 bits per heavy atom. The van der Waals surface area contributed by atoms with Crippen LogP contribution in [0, 0.1) is 5.82 Å². The third-order valence-corrected chi connectivity index (χ3v) is 7.12. The predicted octanol–water partition coefficient (Wildman–Crippen LogP) is 5.18. The predicted molar refractivity (Wildman–Crippen MR) is 129 cm³/mol. The highest BCUT2D eigenvalue weighted by atomic mass is 79.9. The molecule has 0 aliphatic heterocycles. The molecular weight excluding hydrogens is 519 g/mol. The molecule has 0 spiro atoms. The fraction of sp³-hybridized carbons (Fsp3) is 0.174. The van der Waals surface area contributed by atoms with Crippen LogP contribution in [0.5, 0.6) is 0 Å². The highest BCUT2D eigenvalue weighted by molar-refractivity contribution is 9.10. The van der Waals surface area contributed by atoms with Crippen LogP contribution in [-0.2, 0) is 23.0 Å². The average molecular weight is 540 g/mol. The van der Waals surface area contributed by atoms with Gasteiger partial charge in [-0.05, 0) is 75.9 Å². The van der Waals surface area contributed by atoms with Crippen LogP contribution in [0.2, 0.25) is 5.02 Å². The minimum absolute atomic E-state index is 0.100. The molecule has 168 valence electrons. The maximum Gasteiger partial charge on any atom is 0.251 e. The summed E-state index contributed by atoms with van der Waals surface area (Å²) in [6.45, 7) is 0.516. The molecule has 1 amide bonds. The lowest BCUT2D eigenvalue weighted by Gasteiger charge is -2.23. The van der Waals surface area contributed by atoms with E-state index in [9.17, 15) is 17.6 Å². The Morgan fingerprint density at radius 2 is 1.66 bits per heavy atom. The van der Waals surface area contributed by atoms with Gasteiger partial charge in [0.1, 0.15) is 5.82 Å². The Bertz CT molecular complexity index is 1200. The minimum Gasteiger partial charge on any atom is -0.352 e. The molecule has 0 saturated heterocycles. The van der Waals surface area contributed by atoms with E-state index in [-0.39, 0.29) is 18.3 Å². The molecule has 3 aromatic carbocycles. The van der Waals surface area contributed by atoms with Gasteiger partial charge in [0.2, 0.25) is 10.0 Å². The zero-order valence-electron chi connectivity index (χ0n) is 17.2. The molecule has 0 unspecified atom stereocenters. The molecule has 0 bridgehead atoms. The Balaban J connectivity index is 1.64. The number of nitrogens with one attached hydrogen (secondary N) is 1. The molecule has 0 atom stereocenters. The normalized spacial score (nSPS) is 11.2. The number of carbonyl (C=O) groups is 1. The van der Waals surface area contributed by atoms with Crippen molar-refractivity contribution < 1.29 is 17.6 Å². The van der Waals surface area contributed by atoms with Gasteiger partial charge in [-0.3, -0.25) is 9.10 Å². The van der Waals surface area contributed by atoms with Crippen LogP contribution in [0.25, 0.3) is 0 Å². The number of benzene rings is 3. The van der Waals surface area contributed by atoms with E-state index in [0.29, 0.717) is 33.7 Å². The Kier molecular flexibility index (Phi) is 7.92. The zero-order chi connectivity index (χ0) is 23.3. The van der Waals surface area contributed by atoms with Gasteiger partial charge in [0.15, 0.2) is 0 Å². The first-order valence-electron chi connectivity index (χ1n) is 9.68. The van der Waals surface area contributed by atoms with Gasteiger partial charge in [-0.2, -0.15) is 0 Å². The summed E-state index contributed by atoms with van der Waals surface area (Å²) in [4.78, 5) is 12.4. The molecule has 0 aliphatic rings. The van der Waals surface area contributed by atoms with Gasteiger partial charge in [-0.25, -0.2) is 12.8 Å². The standard InChI is InChI=1S/C23H21BrClFN2O3S/c1-32(30,31)28(20-10-11-21(24)22(25)14-20)15-17-2-6-18(7-3-17)23(29)27-13-12-16-4-8-19(26)9-5-16/h2-11,14H,12-13,15H2,1H3,(H,27,29). The second-order valence-electron chi connectivity index (χ2n) is 7.20. The van der Waals surface area contributed by atoms with Crippen molar-refractivity contribution in [3.05, 3.63) is 98.7 Å². The lowest BCUT2D eigenvalue weighted by Crippen LogP contribution is -2.29. The van der Waals surface area contributed by atoms with Crippen molar-refractivity contribution in [2.45, 2.75) is 13.0 Å². The molecule has 5 nitrogen and oxygen atoms in total. The topological polar surface area (TPSA) is 66.5 Å². The van der Waals surface area contributed by atoms with Gasteiger partial charge in [0, 0.05) is 16.6 Å². The zero-order valence-corrected chi connectivity index (χ0v) is 20.3. The maximum atomic E-state index is 13.0. The number of nitrogens with zero attached hydrogens (tertiary/aromatic N) is 1. The van der Waals surface area contributed by atoms with Crippen molar-refractivity contribution in [1.82, 2.24) is 5.32 Å². The second kappa shape index (κ2) is 10.5. The van der Waals surface area contributed by atoms with E-state index >= 15 is 0 Å². The molecule has 0 heterocycles. The number of hydrogen-bond donors (Lipinski definition) is 1. The van der Waals surface area contributed by atoms with Gasteiger partial charge in [-0.1, -0.05) is 35.9 Å². The van der Waals surface area contributed by atoms with Crippen LogP contribution in [0.3, 0.4) is 0 Å². The van der Waals surface area contributed by atoms with Gasteiger partial charge < -0.3 is 5.32 Å². The van der Waals surface area contributed by atoms with Crippen molar-refractivity contribution in [2.24, 2.45) is 0 Å². The van der Waals surface area contributed by atoms with Gasteiger partial charge in [-0.15, -0.1) is 0 Å². The van der Waals surface area contributed by atoms with Crippen molar-refractivity contribution in [3.8, 4) is 0 Å². The number of carbonyl (C=O) groups excluding carboxylic acids is 1. The first-order chi connectivity index (χ1) is 15.1. The summed E-state index contributed by atoms with van der Waals surface area (Å²) in [6, 6.07) is 17.8. The monoisotopic (exact) mass is 538 g/mol. The molecule has 0 aliphatic carbocycles. The number of hydrogen-bond acceptors (Lipinski definition) is 3. The highest BCUT2D eigenvalue weighted by Crippen LogP contribution is 2.29. The summed E-state index contributed by atoms with van der Waals surface area (Å²) in [5, 5.41) is 3.23. The molecule has 1 N–H and O–H groups in total. The molecular formula is C23H21BrClFN2O3S. The molecule has 3 rings (SSSR count). The van der Waals surface area contributed by atoms with E-state index in [1.165, 1.54) is 16.4 Å². The van der Waals surface area contributed by atoms with Crippen molar-refractivity contribution in [3.63, 3.8) is 0 Å². The van der Waals surface area contributed by atoms with E-state index in [1.807, 2.05) is 0 Å². The highest BCUT2D eigenvalue weighted by Gasteiger charge is 2.19. The number of sulfonamides is 1. The summed E-state index contributed by atoms with van der Waals surface area (Å²) in [5.41, 5.74) is 2.56. The summed E-state index contributed by atoms with van der Waals surface area (Å²) in [6.07, 6.45) is 1.72. The number of rotatable bonds is 8. The molecule has 0 radical (unpaired) electrons. The van der Waals surface area contributed by atoms with E-state index in [1.54, 1.807) is 54.6 Å². The molecule has 3 aromatic rings. The lowest BCUT2D eigenvalue weighted by molar-refractivity contribution is 0.0954. The van der Waals surface area contributed by atoms with Crippen molar-refractivity contribution >= 4 is 49.1 Å². The van der Waals surface area contributed by atoms with E-state index in [0.717, 1.165) is 17.4 Å². The van der Waals surface area contributed by atoms with Crippen LogP contribution < -0.4 is 9.62 Å². The van der Waals surface area contributed by atoms with Gasteiger partial charge in [0.25, 0.3) is 5.91 Å². The first kappa shape index (κ1) is 24.2. The van der Waals surface area contributed by atoms with Crippen molar-refractivity contribution in [2.75, 3.05) is 17.1 Å². The maximum absolute atomic E-state index is 13.0. The summed E-state index contributed by atoms with van der Waals surface area (Å²) < 4.78 is 39.6. The first-order valence-corrected chi connectivity index (χ1v) is 12.7. The number of anilines is 1. The van der Waals surface area contributed by atoms with Crippen LogP contribution in [0.15, 0.2) is 71.2 Å². The van der Waals surface area contributed by atoms with Crippen LogP contribution in [0.1, 0.15) is 21.5 Å². The molecule has 9 heteroatoms. The number of amides is 1. The SMILES string of the molecule is CS(=O)(=O)N(Cc1ccc(C(=O)NCCc2ccc(F)cc2)cc1)c1ccc(Br)c(Cl)c1. The third-order valence-electron chi connectivity index (χ3n) is 4.75. The fourth-order valence-electron chi connectivity index (χ4n) is 3.04. The third kappa shape index (κ3) is 6.54. The Labute approximate surface area is 200 Å². The lowest BCUT2D eigenvalue weighted by atomic mass is 10.1. The molecule has 0 fully saturated rings. The smallest absolute Gasteiger partial charge is 0.251 e. The summed E-state index contributed by atoms with van der Waals surface area (Å²) in [5.74, 6) is -0.533. The van der Waals surface area contributed by atoms with Crippen LogP contribution in [0.4, 0.5) is 10.1 Å². The molecule has 0 saturated carbocycles. The summed E-state index contributed by atoms with van der Waals surface area (Å²) >= 11 is 9.42. The quantitative estimate of drug-likeness (QED) is 0.429. The fourth-order valence-corrected chi connectivity index (χ4v) is 4.34. The van der Waals surface area contributed by atoms with E-state index in [2.05, 4.69) is 21.2 Å². The molecule has 0 aromatic heterocycles. The Hall–Kier alpha value is -2.42. The van der Waals surface area contributed by atoms with Gasteiger partial charge in [0.05, 0.1) is 23.5 Å². The minimum atomic E-state index is -3.56. The number of halogens is 3. The van der Waals surface area contributed by atoms with E-state index < -0.39 is 10.0 Å². The van der Waals surface area contributed by atoms with Crippen molar-refractivity contribution in [1.29, 1.82) is 0 Å². The van der Waals surface area contributed by atoms with Crippen LogP contribution >= 0.6 is 27.5 Å². The average Bonchev–Trinajstić information content (AvgIpc) is 2.75. The van der Waals surface area contributed by atoms with E-state index in [4.69, 9.17) is 11.6 Å². The van der Waals surface area contributed by atoms with Crippen LogP contribution in [-0.4, -0.2) is 27.1 Å². The largest absolute Gasteiger partial charge is 0.352 e. The second-order valence-corrected chi connectivity index (χ2v) is 10.4. The Morgan fingerprint density at radius 1 is 1.03 bits per heavy atom.